The van der Waals surface area contributed by atoms with E-state index < -0.39 is 0 Å². The third-order valence-electron chi connectivity index (χ3n) is 3.24. The normalized spacial score (nSPS) is 11.3. The molecule has 0 aromatic heterocycles. The third kappa shape index (κ3) is 3.65. The van der Waals surface area contributed by atoms with Crippen molar-refractivity contribution in [2.75, 3.05) is 6.54 Å². The molecule has 18 heavy (non-hydrogen) atoms. The van der Waals surface area contributed by atoms with Crippen molar-refractivity contribution in [3.8, 4) is 11.5 Å². The monoisotopic (exact) mass is 251 g/mol. The van der Waals surface area contributed by atoms with Gasteiger partial charge in [-0.2, -0.15) is 0 Å². The number of hydrogen-bond acceptors (Lipinski definition) is 3. The number of carbonyl (C=O) groups excluding carboxylic acids is 1. The van der Waals surface area contributed by atoms with Crippen molar-refractivity contribution in [1.29, 1.82) is 0 Å². The second-order valence-corrected chi connectivity index (χ2v) is 5.07. The highest BCUT2D eigenvalue weighted by Gasteiger charge is 2.24. The van der Waals surface area contributed by atoms with E-state index >= 15 is 0 Å². The summed E-state index contributed by atoms with van der Waals surface area (Å²) in [5, 5.41) is 21.4. The van der Waals surface area contributed by atoms with Gasteiger partial charge in [-0.3, -0.25) is 4.79 Å². The van der Waals surface area contributed by atoms with Crippen LogP contribution in [0.25, 0.3) is 0 Å². The molecular formula is C14H21NO3. The van der Waals surface area contributed by atoms with Gasteiger partial charge >= 0.3 is 0 Å². The summed E-state index contributed by atoms with van der Waals surface area (Å²) in [6.07, 6.45) is 1.41. The molecule has 0 aliphatic carbocycles. The molecule has 0 bridgehead atoms. The molecule has 0 heterocycles. The lowest BCUT2D eigenvalue weighted by Gasteiger charge is -2.21. The van der Waals surface area contributed by atoms with E-state index in [0.29, 0.717) is 13.0 Å². The lowest BCUT2D eigenvalue weighted by atomic mass is 9.89. The Morgan fingerprint density at radius 1 is 1.28 bits per heavy atom. The SMILES string of the molecule is CCC(C)(C)C(=O)NCCc1ccc(O)c(O)c1. The number of rotatable bonds is 5. The highest BCUT2D eigenvalue weighted by atomic mass is 16.3. The van der Waals surface area contributed by atoms with Gasteiger partial charge in [0.05, 0.1) is 0 Å². The van der Waals surface area contributed by atoms with Gasteiger partial charge in [0.1, 0.15) is 0 Å². The number of carbonyl (C=O) groups is 1. The fourth-order valence-electron chi connectivity index (χ4n) is 1.44. The molecule has 1 amide bonds. The number of nitrogens with one attached hydrogen (secondary N) is 1. The van der Waals surface area contributed by atoms with Crippen LogP contribution in [0.1, 0.15) is 32.8 Å². The minimum atomic E-state index is -0.350. The number of benzene rings is 1. The maximum atomic E-state index is 11.8. The Hall–Kier alpha value is -1.71. The van der Waals surface area contributed by atoms with Gasteiger partial charge < -0.3 is 15.5 Å². The molecule has 0 aliphatic heterocycles. The number of amides is 1. The zero-order chi connectivity index (χ0) is 13.8. The zero-order valence-electron chi connectivity index (χ0n) is 11.2. The van der Waals surface area contributed by atoms with Crippen LogP contribution in [0.5, 0.6) is 11.5 Å². The zero-order valence-corrected chi connectivity index (χ0v) is 11.2. The standard InChI is InChI=1S/C14H21NO3/c1-4-14(2,3)13(18)15-8-7-10-5-6-11(16)12(17)9-10/h5-6,9,16-17H,4,7-8H2,1-3H3,(H,15,18). The van der Waals surface area contributed by atoms with Gasteiger partial charge in [-0.15, -0.1) is 0 Å². The molecule has 0 spiro atoms. The summed E-state index contributed by atoms with van der Waals surface area (Å²) in [6.45, 7) is 6.33. The van der Waals surface area contributed by atoms with E-state index in [1.54, 1.807) is 6.07 Å². The molecule has 0 radical (unpaired) electrons. The molecule has 0 unspecified atom stereocenters. The van der Waals surface area contributed by atoms with Crippen LogP contribution in [0, 0.1) is 5.41 Å². The van der Waals surface area contributed by atoms with Crippen LogP contribution in [-0.4, -0.2) is 22.7 Å². The Labute approximate surface area is 108 Å². The van der Waals surface area contributed by atoms with E-state index in [1.165, 1.54) is 12.1 Å². The van der Waals surface area contributed by atoms with Crippen molar-refractivity contribution < 1.29 is 15.0 Å². The first-order valence-corrected chi connectivity index (χ1v) is 6.16. The van der Waals surface area contributed by atoms with Crippen molar-refractivity contribution in [2.45, 2.75) is 33.6 Å². The maximum Gasteiger partial charge on any atom is 0.225 e. The van der Waals surface area contributed by atoms with Crippen molar-refractivity contribution in [1.82, 2.24) is 5.32 Å². The highest BCUT2D eigenvalue weighted by Crippen LogP contribution is 2.25. The van der Waals surface area contributed by atoms with E-state index in [1.807, 2.05) is 20.8 Å². The maximum absolute atomic E-state index is 11.8. The van der Waals surface area contributed by atoms with Gasteiger partial charge in [0.2, 0.25) is 5.91 Å². The lowest BCUT2D eigenvalue weighted by Crippen LogP contribution is -2.37. The fourth-order valence-corrected chi connectivity index (χ4v) is 1.44. The average molecular weight is 251 g/mol. The number of phenolic OH excluding ortho intramolecular Hbond substituents is 2. The van der Waals surface area contributed by atoms with Crippen LogP contribution >= 0.6 is 0 Å². The summed E-state index contributed by atoms with van der Waals surface area (Å²) in [6, 6.07) is 4.68. The predicted molar refractivity (Wildman–Crippen MR) is 70.6 cm³/mol. The summed E-state index contributed by atoms with van der Waals surface area (Å²) in [7, 11) is 0. The molecule has 0 fully saturated rings. The second kappa shape index (κ2) is 5.76. The van der Waals surface area contributed by atoms with Crippen molar-refractivity contribution in [2.24, 2.45) is 5.41 Å². The Balaban J connectivity index is 2.47. The van der Waals surface area contributed by atoms with Crippen LogP contribution in [0.4, 0.5) is 0 Å². The second-order valence-electron chi connectivity index (χ2n) is 5.07. The predicted octanol–water partition coefficient (Wildman–Crippen LogP) is 2.19. The number of aromatic hydroxyl groups is 2. The van der Waals surface area contributed by atoms with E-state index in [9.17, 15) is 15.0 Å². The molecule has 1 aromatic rings. The first kappa shape index (κ1) is 14.4. The van der Waals surface area contributed by atoms with Gasteiger partial charge in [-0.05, 0) is 30.5 Å². The molecule has 0 aliphatic rings. The van der Waals surface area contributed by atoms with E-state index in [4.69, 9.17) is 0 Å². The molecular weight excluding hydrogens is 230 g/mol. The van der Waals surface area contributed by atoms with E-state index in [-0.39, 0.29) is 22.8 Å². The summed E-state index contributed by atoms with van der Waals surface area (Å²) < 4.78 is 0. The molecule has 1 rings (SSSR count). The van der Waals surface area contributed by atoms with Gasteiger partial charge in [0, 0.05) is 12.0 Å². The van der Waals surface area contributed by atoms with Gasteiger partial charge in [0.15, 0.2) is 11.5 Å². The van der Waals surface area contributed by atoms with Crippen LogP contribution in [0.15, 0.2) is 18.2 Å². The van der Waals surface area contributed by atoms with Crippen LogP contribution in [0.3, 0.4) is 0 Å². The molecule has 0 saturated carbocycles. The molecule has 0 atom stereocenters. The van der Waals surface area contributed by atoms with Gasteiger partial charge in [-0.25, -0.2) is 0 Å². The minimum Gasteiger partial charge on any atom is -0.504 e. The fraction of sp³-hybridized carbons (Fsp3) is 0.500. The molecule has 0 saturated heterocycles. The van der Waals surface area contributed by atoms with Gasteiger partial charge in [-0.1, -0.05) is 26.8 Å². The number of hydrogen-bond donors (Lipinski definition) is 3. The first-order chi connectivity index (χ1) is 8.36. The molecule has 4 nitrogen and oxygen atoms in total. The largest absolute Gasteiger partial charge is 0.504 e. The summed E-state index contributed by atoms with van der Waals surface area (Å²) >= 11 is 0. The summed E-state index contributed by atoms with van der Waals surface area (Å²) in [4.78, 5) is 11.8. The van der Waals surface area contributed by atoms with E-state index in [2.05, 4.69) is 5.32 Å². The Morgan fingerprint density at radius 2 is 1.94 bits per heavy atom. The van der Waals surface area contributed by atoms with E-state index in [0.717, 1.165) is 12.0 Å². The topological polar surface area (TPSA) is 69.6 Å². The van der Waals surface area contributed by atoms with Crippen molar-refractivity contribution in [3.63, 3.8) is 0 Å². The molecule has 1 aromatic carbocycles. The Bertz CT molecular complexity index is 427. The Kier molecular flexibility index (Phi) is 4.59. The third-order valence-corrected chi connectivity index (χ3v) is 3.24. The summed E-state index contributed by atoms with van der Waals surface area (Å²) in [5.41, 5.74) is 0.525. The van der Waals surface area contributed by atoms with Crippen LogP contribution < -0.4 is 5.32 Å². The lowest BCUT2D eigenvalue weighted by molar-refractivity contribution is -0.129. The number of phenols is 2. The first-order valence-electron chi connectivity index (χ1n) is 6.16. The quantitative estimate of drug-likeness (QED) is 0.703. The average Bonchev–Trinajstić information content (AvgIpc) is 2.33. The minimum absolute atomic E-state index is 0.0352. The molecule has 4 heteroatoms. The van der Waals surface area contributed by atoms with Crippen molar-refractivity contribution >= 4 is 5.91 Å². The summed E-state index contributed by atoms with van der Waals surface area (Å²) in [5.74, 6) is -0.226. The Morgan fingerprint density at radius 3 is 2.50 bits per heavy atom. The van der Waals surface area contributed by atoms with Crippen LogP contribution in [-0.2, 0) is 11.2 Å². The van der Waals surface area contributed by atoms with Gasteiger partial charge in [0.25, 0.3) is 0 Å². The van der Waals surface area contributed by atoms with Crippen LogP contribution in [0.2, 0.25) is 0 Å². The van der Waals surface area contributed by atoms with Crippen molar-refractivity contribution in [3.05, 3.63) is 23.8 Å². The molecule has 3 N–H and O–H groups in total. The smallest absolute Gasteiger partial charge is 0.225 e. The molecule has 100 valence electrons. The highest BCUT2D eigenvalue weighted by molar-refractivity contribution is 5.81.